The molecule has 0 unspecified atom stereocenters. The van der Waals surface area contributed by atoms with Crippen molar-refractivity contribution in [2.75, 3.05) is 5.32 Å². The molecular weight excluding hydrogens is 318 g/mol. The smallest absolute Gasteiger partial charge is 0.431 e. The number of nitrogens with zero attached hydrogens (tertiary/aromatic N) is 1. The third-order valence-electron chi connectivity index (χ3n) is 3.12. The maximum absolute atomic E-state index is 14.1. The van der Waals surface area contributed by atoms with E-state index in [1.165, 1.54) is 13.0 Å². The van der Waals surface area contributed by atoms with Gasteiger partial charge < -0.3 is 15.8 Å². The molecule has 1 aliphatic rings. The van der Waals surface area contributed by atoms with Gasteiger partial charge in [-0.1, -0.05) is 0 Å². The summed E-state index contributed by atoms with van der Waals surface area (Å²) >= 11 is 0. The number of benzene rings is 1. The molecule has 1 aromatic rings. The van der Waals surface area contributed by atoms with Crippen LogP contribution in [0.4, 0.5) is 23.2 Å². The first-order chi connectivity index (χ1) is 10.5. The first-order valence-electron chi connectivity index (χ1n) is 6.42. The van der Waals surface area contributed by atoms with Gasteiger partial charge in [0.15, 0.2) is 0 Å². The Kier molecular flexibility index (Phi) is 4.06. The largest absolute Gasteiger partial charge is 0.471 e. The van der Waals surface area contributed by atoms with Crippen molar-refractivity contribution in [3.63, 3.8) is 0 Å². The summed E-state index contributed by atoms with van der Waals surface area (Å²) in [6.45, 7) is 3.09. The Morgan fingerprint density at radius 2 is 2.04 bits per heavy atom. The van der Waals surface area contributed by atoms with E-state index in [0.717, 1.165) is 18.2 Å². The van der Waals surface area contributed by atoms with E-state index >= 15 is 0 Å². The molecule has 0 aliphatic carbocycles. The minimum Gasteiger partial charge on any atom is -0.431 e. The van der Waals surface area contributed by atoms with Gasteiger partial charge in [-0.05, 0) is 38.1 Å². The maximum atomic E-state index is 14.1. The summed E-state index contributed by atoms with van der Waals surface area (Å²) in [5.41, 5.74) is 3.98. The zero-order chi connectivity index (χ0) is 17.4. The van der Waals surface area contributed by atoms with E-state index in [9.17, 15) is 22.4 Å². The first kappa shape index (κ1) is 16.8. The molecule has 0 saturated heterocycles. The van der Waals surface area contributed by atoms with Crippen LogP contribution in [-0.2, 0) is 15.1 Å². The molecule has 1 aliphatic heterocycles. The van der Waals surface area contributed by atoms with Crippen molar-refractivity contribution >= 4 is 17.6 Å². The minimum absolute atomic E-state index is 0.0527. The monoisotopic (exact) mass is 331 g/mol. The number of amides is 1. The van der Waals surface area contributed by atoms with Crippen molar-refractivity contribution in [3.8, 4) is 0 Å². The number of anilines is 1. The molecule has 9 heteroatoms. The number of nitrogens with two attached hydrogens (primary N) is 1. The molecule has 0 saturated carbocycles. The highest BCUT2D eigenvalue weighted by atomic mass is 19.4. The first-order valence-corrected chi connectivity index (χ1v) is 6.42. The zero-order valence-corrected chi connectivity index (χ0v) is 12.2. The number of allylic oxidation sites excluding steroid dienone is 1. The molecule has 124 valence electrons. The number of aliphatic imine (C=N–C) groups is 1. The van der Waals surface area contributed by atoms with Gasteiger partial charge in [0, 0.05) is 11.3 Å². The zero-order valence-electron chi connectivity index (χ0n) is 12.2. The van der Waals surface area contributed by atoms with E-state index < -0.39 is 23.4 Å². The molecule has 0 bridgehead atoms. The van der Waals surface area contributed by atoms with Crippen LogP contribution in [0.5, 0.6) is 0 Å². The van der Waals surface area contributed by atoms with Crippen LogP contribution in [0, 0.1) is 5.82 Å². The quantitative estimate of drug-likeness (QED) is 0.818. The third-order valence-corrected chi connectivity index (χ3v) is 3.12. The van der Waals surface area contributed by atoms with E-state index in [1.807, 2.05) is 0 Å². The van der Waals surface area contributed by atoms with Crippen LogP contribution >= 0.6 is 0 Å². The molecule has 23 heavy (non-hydrogen) atoms. The standard InChI is InChI=1S/C14H13F4N3O2/c1-7-6-13(2,21-12(19)23-7)9-5-8(3-4-10(9)15)20-11(22)14(16,17)18/h3-6H,1-2H3,(H2,19,21)(H,20,22)/t13-/m0/s1. The Labute approximate surface area is 128 Å². The molecular formula is C14H13F4N3O2. The highest BCUT2D eigenvalue weighted by Crippen LogP contribution is 2.35. The van der Waals surface area contributed by atoms with E-state index in [-0.39, 0.29) is 17.3 Å². The topological polar surface area (TPSA) is 76.7 Å². The fraction of sp³-hybridized carbons (Fsp3) is 0.286. The predicted octanol–water partition coefficient (Wildman–Crippen LogP) is 2.79. The van der Waals surface area contributed by atoms with Crippen LogP contribution in [0.2, 0.25) is 0 Å². The number of ether oxygens (including phenoxy) is 1. The van der Waals surface area contributed by atoms with Crippen molar-refractivity contribution in [3.05, 3.63) is 41.4 Å². The van der Waals surface area contributed by atoms with E-state index in [2.05, 4.69) is 4.99 Å². The fourth-order valence-corrected chi connectivity index (χ4v) is 2.21. The van der Waals surface area contributed by atoms with E-state index in [4.69, 9.17) is 10.5 Å². The second kappa shape index (κ2) is 5.56. The normalized spacial score (nSPS) is 21.1. The van der Waals surface area contributed by atoms with Crippen LogP contribution in [0.1, 0.15) is 19.4 Å². The molecule has 0 aromatic heterocycles. The van der Waals surface area contributed by atoms with Crippen LogP contribution in [0.3, 0.4) is 0 Å². The van der Waals surface area contributed by atoms with Crippen LogP contribution in [0.15, 0.2) is 35.0 Å². The Morgan fingerprint density at radius 3 is 2.61 bits per heavy atom. The van der Waals surface area contributed by atoms with Crippen molar-refractivity contribution in [2.45, 2.75) is 25.6 Å². The summed E-state index contributed by atoms with van der Waals surface area (Å²) in [4.78, 5) is 15.0. The molecule has 3 N–H and O–H groups in total. The summed E-state index contributed by atoms with van der Waals surface area (Å²) in [6.07, 6.45) is -3.58. The Hall–Kier alpha value is -2.58. The molecule has 0 spiro atoms. The third kappa shape index (κ3) is 3.61. The SMILES string of the molecule is CC1=C[C@@](C)(c2cc(NC(=O)C(F)(F)F)ccc2F)N=C(N)O1. The van der Waals surface area contributed by atoms with E-state index in [0.29, 0.717) is 5.76 Å². The summed E-state index contributed by atoms with van der Waals surface area (Å²) in [7, 11) is 0. The average molecular weight is 331 g/mol. The average Bonchev–Trinajstić information content (AvgIpc) is 2.38. The second-order valence-electron chi connectivity index (χ2n) is 5.10. The number of alkyl halides is 3. The summed E-state index contributed by atoms with van der Waals surface area (Å²) in [6, 6.07) is 2.84. The van der Waals surface area contributed by atoms with Gasteiger partial charge in [0.1, 0.15) is 17.1 Å². The molecule has 1 atom stereocenters. The maximum Gasteiger partial charge on any atom is 0.471 e. The number of nitrogens with one attached hydrogen (secondary N) is 1. The van der Waals surface area contributed by atoms with Crippen LogP contribution in [-0.4, -0.2) is 18.1 Å². The number of rotatable bonds is 2. The van der Waals surface area contributed by atoms with Gasteiger partial charge in [0.05, 0.1) is 0 Å². The van der Waals surface area contributed by atoms with Crippen molar-refractivity contribution in [1.82, 2.24) is 0 Å². The summed E-state index contributed by atoms with van der Waals surface area (Å²) in [5, 5.41) is 1.67. The number of carbonyl (C=O) groups is 1. The fourth-order valence-electron chi connectivity index (χ4n) is 2.21. The highest BCUT2D eigenvalue weighted by molar-refractivity contribution is 5.95. The molecule has 1 aromatic carbocycles. The lowest BCUT2D eigenvalue weighted by molar-refractivity contribution is -0.167. The minimum atomic E-state index is -5.05. The van der Waals surface area contributed by atoms with Gasteiger partial charge in [-0.2, -0.15) is 13.2 Å². The Balaban J connectivity index is 2.42. The number of amidine groups is 1. The molecule has 0 radical (unpaired) electrons. The molecule has 2 rings (SSSR count). The van der Waals surface area contributed by atoms with Crippen molar-refractivity contribution < 1.29 is 27.1 Å². The number of hydrogen-bond acceptors (Lipinski definition) is 4. The molecule has 1 amide bonds. The predicted molar refractivity (Wildman–Crippen MR) is 74.9 cm³/mol. The lowest BCUT2D eigenvalue weighted by atomic mass is 9.90. The number of hydrogen-bond donors (Lipinski definition) is 2. The van der Waals surface area contributed by atoms with Crippen molar-refractivity contribution in [1.29, 1.82) is 0 Å². The van der Waals surface area contributed by atoms with Gasteiger partial charge >= 0.3 is 12.1 Å². The molecule has 1 heterocycles. The van der Waals surface area contributed by atoms with Crippen LogP contribution in [0.25, 0.3) is 0 Å². The lowest BCUT2D eigenvalue weighted by Crippen LogP contribution is -2.31. The van der Waals surface area contributed by atoms with Gasteiger partial charge in [0.2, 0.25) is 0 Å². The Morgan fingerprint density at radius 1 is 1.39 bits per heavy atom. The van der Waals surface area contributed by atoms with Gasteiger partial charge in [-0.25, -0.2) is 9.38 Å². The summed E-state index contributed by atoms with van der Waals surface area (Å²) < 4.78 is 56.0. The number of halogens is 4. The van der Waals surface area contributed by atoms with Gasteiger partial charge in [-0.15, -0.1) is 0 Å². The van der Waals surface area contributed by atoms with Gasteiger partial charge in [0.25, 0.3) is 6.02 Å². The second-order valence-corrected chi connectivity index (χ2v) is 5.10. The van der Waals surface area contributed by atoms with E-state index in [1.54, 1.807) is 12.2 Å². The number of carbonyl (C=O) groups excluding carboxylic acids is 1. The highest BCUT2D eigenvalue weighted by Gasteiger charge is 2.39. The Bertz CT molecular complexity index is 692. The van der Waals surface area contributed by atoms with Crippen LogP contribution < -0.4 is 11.1 Å². The van der Waals surface area contributed by atoms with Gasteiger partial charge in [-0.3, -0.25) is 4.79 Å². The molecule has 0 fully saturated rings. The lowest BCUT2D eigenvalue weighted by Gasteiger charge is -2.27. The van der Waals surface area contributed by atoms with Crippen molar-refractivity contribution in [2.24, 2.45) is 10.7 Å². The summed E-state index contributed by atoms with van der Waals surface area (Å²) in [5.74, 6) is -2.49. The molecule has 5 nitrogen and oxygen atoms in total.